The molecule has 0 amide bonds. The van der Waals surface area contributed by atoms with E-state index < -0.39 is 0 Å². The maximum Gasteiger partial charge on any atom is 0.131 e. The SMILES string of the molecule is Cc1cc(CCN)cnc1N(C)Cc1ccc(Cl)s1. The predicted molar refractivity (Wildman–Crippen MR) is 83.2 cm³/mol. The molecule has 0 radical (unpaired) electrons. The first-order valence-electron chi connectivity index (χ1n) is 6.21. The molecule has 0 aliphatic rings. The predicted octanol–water partition coefficient (Wildman–Crippen LogP) is 3.24. The Morgan fingerprint density at radius 3 is 2.79 bits per heavy atom. The summed E-state index contributed by atoms with van der Waals surface area (Å²) in [5.74, 6) is 1.00. The number of halogens is 1. The molecule has 19 heavy (non-hydrogen) atoms. The standard InChI is InChI=1S/C14H18ClN3S/c1-10-7-11(5-6-16)8-17-14(10)18(2)9-12-3-4-13(15)19-12/h3-4,7-8H,5-6,9,16H2,1-2H3. The van der Waals surface area contributed by atoms with Crippen molar-refractivity contribution in [1.29, 1.82) is 0 Å². The van der Waals surface area contributed by atoms with Gasteiger partial charge in [0, 0.05) is 18.1 Å². The Bertz CT molecular complexity index is 553. The van der Waals surface area contributed by atoms with Crippen LogP contribution in [0.15, 0.2) is 24.4 Å². The van der Waals surface area contributed by atoms with Crippen LogP contribution in [0.4, 0.5) is 5.82 Å². The molecule has 102 valence electrons. The van der Waals surface area contributed by atoms with Crippen LogP contribution in [0.5, 0.6) is 0 Å². The Labute approximate surface area is 123 Å². The number of anilines is 1. The first kappa shape index (κ1) is 14.3. The molecule has 3 nitrogen and oxygen atoms in total. The number of hydrogen-bond acceptors (Lipinski definition) is 4. The van der Waals surface area contributed by atoms with Crippen molar-refractivity contribution in [2.45, 2.75) is 19.9 Å². The molecule has 0 aliphatic heterocycles. The van der Waals surface area contributed by atoms with Crippen molar-refractivity contribution < 1.29 is 0 Å². The van der Waals surface area contributed by atoms with Crippen LogP contribution in [-0.4, -0.2) is 18.6 Å². The van der Waals surface area contributed by atoms with Gasteiger partial charge >= 0.3 is 0 Å². The van der Waals surface area contributed by atoms with Crippen LogP contribution >= 0.6 is 22.9 Å². The number of thiophene rings is 1. The summed E-state index contributed by atoms with van der Waals surface area (Å²) >= 11 is 7.56. The second kappa shape index (κ2) is 6.37. The highest BCUT2D eigenvalue weighted by molar-refractivity contribution is 7.16. The van der Waals surface area contributed by atoms with Gasteiger partial charge in [-0.1, -0.05) is 17.7 Å². The molecule has 0 fully saturated rings. The maximum absolute atomic E-state index is 5.95. The molecule has 0 spiro atoms. The van der Waals surface area contributed by atoms with Crippen LogP contribution in [0, 0.1) is 6.92 Å². The summed E-state index contributed by atoms with van der Waals surface area (Å²) in [6.45, 7) is 3.56. The van der Waals surface area contributed by atoms with Gasteiger partial charge in [0.25, 0.3) is 0 Å². The molecule has 0 atom stereocenters. The second-order valence-electron chi connectivity index (χ2n) is 4.58. The zero-order chi connectivity index (χ0) is 13.8. The van der Waals surface area contributed by atoms with Crippen LogP contribution in [0.1, 0.15) is 16.0 Å². The average Bonchev–Trinajstić information content (AvgIpc) is 2.75. The minimum absolute atomic E-state index is 0.657. The van der Waals surface area contributed by atoms with Crippen molar-refractivity contribution in [2.75, 3.05) is 18.5 Å². The van der Waals surface area contributed by atoms with Gasteiger partial charge in [-0.15, -0.1) is 11.3 Å². The van der Waals surface area contributed by atoms with Crippen molar-refractivity contribution in [3.63, 3.8) is 0 Å². The van der Waals surface area contributed by atoms with Crippen LogP contribution in [0.3, 0.4) is 0 Å². The van der Waals surface area contributed by atoms with Gasteiger partial charge in [-0.2, -0.15) is 0 Å². The van der Waals surface area contributed by atoms with E-state index in [4.69, 9.17) is 17.3 Å². The topological polar surface area (TPSA) is 42.1 Å². The highest BCUT2D eigenvalue weighted by Crippen LogP contribution is 2.25. The molecule has 2 aromatic heterocycles. The number of nitrogens with two attached hydrogens (primary N) is 1. The molecule has 0 aromatic carbocycles. The van der Waals surface area contributed by atoms with Gasteiger partial charge in [0.15, 0.2) is 0 Å². The minimum atomic E-state index is 0.657. The van der Waals surface area contributed by atoms with Crippen LogP contribution in [-0.2, 0) is 13.0 Å². The van der Waals surface area contributed by atoms with Crippen molar-refractivity contribution in [2.24, 2.45) is 5.73 Å². The van der Waals surface area contributed by atoms with Crippen molar-refractivity contribution in [3.8, 4) is 0 Å². The van der Waals surface area contributed by atoms with Gasteiger partial charge in [-0.25, -0.2) is 4.98 Å². The Hall–Kier alpha value is -1.10. The zero-order valence-electron chi connectivity index (χ0n) is 11.2. The third kappa shape index (κ3) is 3.69. The monoisotopic (exact) mass is 295 g/mol. The Balaban J connectivity index is 2.12. The number of aromatic nitrogens is 1. The molecule has 0 saturated heterocycles. The maximum atomic E-state index is 5.95. The molecule has 0 aliphatic carbocycles. The quantitative estimate of drug-likeness (QED) is 0.921. The van der Waals surface area contributed by atoms with Crippen LogP contribution < -0.4 is 10.6 Å². The summed E-state index contributed by atoms with van der Waals surface area (Å²) < 4.78 is 0.825. The Morgan fingerprint density at radius 1 is 1.42 bits per heavy atom. The molecule has 2 heterocycles. The van der Waals surface area contributed by atoms with Crippen molar-refractivity contribution in [1.82, 2.24) is 4.98 Å². The molecular weight excluding hydrogens is 278 g/mol. The fourth-order valence-corrected chi connectivity index (χ4v) is 3.22. The van der Waals surface area contributed by atoms with E-state index in [1.165, 1.54) is 16.0 Å². The largest absolute Gasteiger partial charge is 0.354 e. The normalized spacial score (nSPS) is 10.7. The summed E-state index contributed by atoms with van der Waals surface area (Å²) in [7, 11) is 2.05. The molecule has 0 unspecified atom stereocenters. The molecule has 2 rings (SSSR count). The lowest BCUT2D eigenvalue weighted by molar-refractivity contribution is 0.892. The first-order chi connectivity index (χ1) is 9.10. The summed E-state index contributed by atoms with van der Waals surface area (Å²) in [5, 5.41) is 0. The lowest BCUT2D eigenvalue weighted by Gasteiger charge is -2.19. The molecule has 5 heteroatoms. The number of pyridine rings is 1. The number of hydrogen-bond donors (Lipinski definition) is 1. The van der Waals surface area contributed by atoms with E-state index in [2.05, 4.69) is 28.9 Å². The van der Waals surface area contributed by atoms with Crippen molar-refractivity contribution in [3.05, 3.63) is 44.7 Å². The molecule has 0 saturated carbocycles. The fraction of sp³-hybridized carbons (Fsp3) is 0.357. The van der Waals surface area contributed by atoms with E-state index in [-0.39, 0.29) is 0 Å². The lowest BCUT2D eigenvalue weighted by atomic mass is 10.1. The van der Waals surface area contributed by atoms with E-state index in [1.54, 1.807) is 11.3 Å². The smallest absolute Gasteiger partial charge is 0.131 e. The fourth-order valence-electron chi connectivity index (χ4n) is 2.07. The summed E-state index contributed by atoms with van der Waals surface area (Å²) in [6.07, 6.45) is 2.78. The first-order valence-corrected chi connectivity index (χ1v) is 7.40. The Kier molecular flexibility index (Phi) is 4.80. The van der Waals surface area contributed by atoms with Crippen LogP contribution in [0.25, 0.3) is 0 Å². The van der Waals surface area contributed by atoms with Crippen LogP contribution in [0.2, 0.25) is 4.34 Å². The summed E-state index contributed by atoms with van der Waals surface area (Å²) in [5.41, 5.74) is 7.93. The lowest BCUT2D eigenvalue weighted by Crippen LogP contribution is -2.18. The highest BCUT2D eigenvalue weighted by atomic mass is 35.5. The molecule has 2 N–H and O–H groups in total. The van der Waals surface area contributed by atoms with Gasteiger partial charge in [-0.3, -0.25) is 0 Å². The zero-order valence-corrected chi connectivity index (χ0v) is 12.8. The molecular formula is C14H18ClN3S. The van der Waals surface area contributed by atoms with Gasteiger partial charge in [-0.05, 0) is 43.1 Å². The summed E-state index contributed by atoms with van der Waals surface area (Å²) in [4.78, 5) is 7.92. The van der Waals surface area contributed by atoms with E-state index in [0.717, 1.165) is 23.1 Å². The van der Waals surface area contributed by atoms with Gasteiger partial charge in [0.1, 0.15) is 5.82 Å². The number of rotatable bonds is 5. The highest BCUT2D eigenvalue weighted by Gasteiger charge is 2.09. The van der Waals surface area contributed by atoms with E-state index >= 15 is 0 Å². The van der Waals surface area contributed by atoms with Crippen molar-refractivity contribution >= 4 is 28.8 Å². The van der Waals surface area contributed by atoms with Gasteiger partial charge in [0.2, 0.25) is 0 Å². The van der Waals surface area contributed by atoms with E-state index in [1.807, 2.05) is 19.3 Å². The number of nitrogens with zero attached hydrogens (tertiary/aromatic N) is 2. The number of aryl methyl sites for hydroxylation is 1. The summed E-state index contributed by atoms with van der Waals surface area (Å²) in [6, 6.07) is 6.15. The average molecular weight is 296 g/mol. The van der Waals surface area contributed by atoms with E-state index in [0.29, 0.717) is 6.54 Å². The second-order valence-corrected chi connectivity index (χ2v) is 6.38. The van der Waals surface area contributed by atoms with Gasteiger partial charge in [0.05, 0.1) is 10.9 Å². The third-order valence-electron chi connectivity index (χ3n) is 2.92. The molecule has 0 bridgehead atoms. The Morgan fingerprint density at radius 2 is 2.21 bits per heavy atom. The minimum Gasteiger partial charge on any atom is -0.354 e. The van der Waals surface area contributed by atoms with E-state index in [9.17, 15) is 0 Å². The third-order valence-corrected chi connectivity index (χ3v) is 4.14. The van der Waals surface area contributed by atoms with Gasteiger partial charge < -0.3 is 10.6 Å². The molecule has 2 aromatic rings.